The van der Waals surface area contributed by atoms with Gasteiger partial charge in [0.2, 0.25) is 0 Å². The standard InChI is InChI=1S/C16H16FNO3/c1-18(10-11-3-5-12(17)6-4-11)15-9-13(21-2)7-8-14(15)16(19)20/h3-9H,10H2,1-2H3,(H,19,20). The van der Waals surface area contributed by atoms with Crippen LogP contribution in [0.1, 0.15) is 15.9 Å². The van der Waals surface area contributed by atoms with E-state index in [0.717, 1.165) is 5.56 Å². The average molecular weight is 289 g/mol. The largest absolute Gasteiger partial charge is 0.497 e. The molecule has 2 rings (SSSR count). The molecule has 0 aliphatic heterocycles. The number of hydrogen-bond acceptors (Lipinski definition) is 3. The summed E-state index contributed by atoms with van der Waals surface area (Å²) in [6.07, 6.45) is 0. The fraction of sp³-hybridized carbons (Fsp3) is 0.188. The lowest BCUT2D eigenvalue weighted by molar-refractivity contribution is 0.0697. The molecule has 0 aliphatic rings. The van der Waals surface area contributed by atoms with Crippen LogP contribution in [0.5, 0.6) is 5.75 Å². The summed E-state index contributed by atoms with van der Waals surface area (Å²) in [5.41, 5.74) is 1.63. The Morgan fingerprint density at radius 1 is 1.24 bits per heavy atom. The molecule has 0 unspecified atom stereocenters. The molecule has 2 aromatic carbocycles. The molecule has 0 fully saturated rings. The molecule has 0 aliphatic carbocycles. The number of hydrogen-bond donors (Lipinski definition) is 1. The summed E-state index contributed by atoms with van der Waals surface area (Å²) in [5.74, 6) is -0.714. The number of ether oxygens (including phenoxy) is 1. The second kappa shape index (κ2) is 6.26. The summed E-state index contributed by atoms with van der Waals surface area (Å²) in [4.78, 5) is 13.1. The van der Waals surface area contributed by atoms with Crippen LogP contribution in [-0.2, 0) is 6.54 Å². The zero-order valence-corrected chi connectivity index (χ0v) is 11.8. The number of methoxy groups -OCH3 is 1. The van der Waals surface area contributed by atoms with Gasteiger partial charge < -0.3 is 14.7 Å². The quantitative estimate of drug-likeness (QED) is 0.918. The molecule has 0 atom stereocenters. The van der Waals surface area contributed by atoms with Crippen LogP contribution in [0.25, 0.3) is 0 Å². The van der Waals surface area contributed by atoms with E-state index < -0.39 is 5.97 Å². The van der Waals surface area contributed by atoms with Gasteiger partial charge in [-0.15, -0.1) is 0 Å². The first-order valence-corrected chi connectivity index (χ1v) is 6.38. The summed E-state index contributed by atoms with van der Waals surface area (Å²) in [6, 6.07) is 10.9. The van der Waals surface area contributed by atoms with Gasteiger partial charge in [0.25, 0.3) is 0 Å². The van der Waals surface area contributed by atoms with E-state index in [2.05, 4.69) is 0 Å². The molecule has 0 amide bonds. The van der Waals surface area contributed by atoms with Crippen LogP contribution in [0, 0.1) is 5.82 Å². The molecule has 1 N–H and O–H groups in total. The summed E-state index contributed by atoms with van der Waals surface area (Å²) in [5, 5.41) is 9.26. The molecule has 21 heavy (non-hydrogen) atoms. The number of carboxylic acids is 1. The molecule has 0 aromatic heterocycles. The third-order valence-electron chi connectivity index (χ3n) is 3.18. The van der Waals surface area contributed by atoms with Gasteiger partial charge in [-0.05, 0) is 29.8 Å². The van der Waals surface area contributed by atoms with Gasteiger partial charge in [0, 0.05) is 19.7 Å². The summed E-state index contributed by atoms with van der Waals surface area (Å²) in [7, 11) is 3.31. The Morgan fingerprint density at radius 2 is 1.90 bits per heavy atom. The van der Waals surface area contributed by atoms with Crippen LogP contribution in [0.2, 0.25) is 0 Å². The molecule has 4 nitrogen and oxygen atoms in total. The van der Waals surface area contributed by atoms with Crippen molar-refractivity contribution in [3.63, 3.8) is 0 Å². The van der Waals surface area contributed by atoms with E-state index in [-0.39, 0.29) is 11.4 Å². The highest BCUT2D eigenvalue weighted by Crippen LogP contribution is 2.26. The predicted molar refractivity (Wildman–Crippen MR) is 78.5 cm³/mol. The van der Waals surface area contributed by atoms with E-state index in [0.29, 0.717) is 18.0 Å². The number of benzene rings is 2. The van der Waals surface area contributed by atoms with Gasteiger partial charge in [-0.2, -0.15) is 0 Å². The Balaban J connectivity index is 2.30. The van der Waals surface area contributed by atoms with E-state index in [1.54, 1.807) is 36.2 Å². The van der Waals surface area contributed by atoms with Crippen molar-refractivity contribution >= 4 is 11.7 Å². The minimum absolute atomic E-state index is 0.195. The first-order chi connectivity index (χ1) is 10.0. The average Bonchev–Trinajstić information content (AvgIpc) is 2.48. The van der Waals surface area contributed by atoms with E-state index in [4.69, 9.17) is 4.74 Å². The van der Waals surface area contributed by atoms with Crippen molar-refractivity contribution in [2.75, 3.05) is 19.1 Å². The third kappa shape index (κ3) is 3.51. The first-order valence-electron chi connectivity index (χ1n) is 6.38. The van der Waals surface area contributed by atoms with Crippen molar-refractivity contribution in [1.29, 1.82) is 0 Å². The fourth-order valence-electron chi connectivity index (χ4n) is 2.08. The van der Waals surface area contributed by atoms with Crippen LogP contribution >= 0.6 is 0 Å². The molecule has 0 saturated carbocycles. The predicted octanol–water partition coefficient (Wildman–Crippen LogP) is 3.17. The maximum absolute atomic E-state index is 12.9. The molecule has 2 aromatic rings. The second-order valence-corrected chi connectivity index (χ2v) is 4.67. The highest BCUT2D eigenvalue weighted by atomic mass is 19.1. The van der Waals surface area contributed by atoms with Crippen molar-refractivity contribution in [1.82, 2.24) is 0 Å². The molecular formula is C16H16FNO3. The lowest BCUT2D eigenvalue weighted by atomic mass is 10.1. The second-order valence-electron chi connectivity index (χ2n) is 4.67. The summed E-state index contributed by atoms with van der Waals surface area (Å²) >= 11 is 0. The molecule has 0 radical (unpaired) electrons. The van der Waals surface area contributed by atoms with Crippen LogP contribution in [0.4, 0.5) is 10.1 Å². The SMILES string of the molecule is COc1ccc(C(=O)O)c(N(C)Cc2ccc(F)cc2)c1. The number of carboxylic acid groups (broad SMARTS) is 1. The molecule has 5 heteroatoms. The zero-order chi connectivity index (χ0) is 15.4. The molecule has 0 spiro atoms. The van der Waals surface area contributed by atoms with E-state index in [1.165, 1.54) is 25.3 Å². The zero-order valence-electron chi connectivity index (χ0n) is 11.8. The lowest BCUT2D eigenvalue weighted by Gasteiger charge is -2.22. The molecular weight excluding hydrogens is 273 g/mol. The van der Waals surface area contributed by atoms with Crippen molar-refractivity contribution in [2.45, 2.75) is 6.54 Å². The summed E-state index contributed by atoms with van der Waals surface area (Å²) < 4.78 is 18.0. The van der Waals surface area contributed by atoms with Crippen molar-refractivity contribution in [3.8, 4) is 5.75 Å². The third-order valence-corrected chi connectivity index (χ3v) is 3.18. The Morgan fingerprint density at radius 3 is 2.48 bits per heavy atom. The number of carbonyl (C=O) groups is 1. The topological polar surface area (TPSA) is 49.8 Å². The van der Waals surface area contributed by atoms with Gasteiger partial charge >= 0.3 is 5.97 Å². The Kier molecular flexibility index (Phi) is 4.42. The van der Waals surface area contributed by atoms with E-state index >= 15 is 0 Å². The number of nitrogens with zero attached hydrogens (tertiary/aromatic N) is 1. The van der Waals surface area contributed by atoms with Crippen molar-refractivity contribution < 1.29 is 19.0 Å². The fourth-order valence-corrected chi connectivity index (χ4v) is 2.08. The number of halogens is 1. The monoisotopic (exact) mass is 289 g/mol. The van der Waals surface area contributed by atoms with Gasteiger partial charge in [0.05, 0.1) is 18.4 Å². The van der Waals surface area contributed by atoms with Crippen LogP contribution in [-0.4, -0.2) is 25.2 Å². The lowest BCUT2D eigenvalue weighted by Crippen LogP contribution is -2.19. The number of rotatable bonds is 5. The maximum atomic E-state index is 12.9. The highest BCUT2D eigenvalue weighted by molar-refractivity contribution is 5.94. The molecule has 110 valence electrons. The van der Waals surface area contributed by atoms with Gasteiger partial charge in [0.15, 0.2) is 0 Å². The molecule has 0 heterocycles. The van der Waals surface area contributed by atoms with Crippen LogP contribution in [0.3, 0.4) is 0 Å². The van der Waals surface area contributed by atoms with Gasteiger partial charge in [-0.25, -0.2) is 9.18 Å². The Labute approximate surface area is 122 Å². The van der Waals surface area contributed by atoms with Gasteiger partial charge in [-0.3, -0.25) is 0 Å². The number of anilines is 1. The van der Waals surface area contributed by atoms with Gasteiger partial charge in [0.1, 0.15) is 11.6 Å². The minimum atomic E-state index is -1.00. The van der Waals surface area contributed by atoms with Crippen LogP contribution in [0.15, 0.2) is 42.5 Å². The highest BCUT2D eigenvalue weighted by Gasteiger charge is 2.15. The van der Waals surface area contributed by atoms with E-state index in [1.807, 2.05) is 0 Å². The molecule has 0 bridgehead atoms. The maximum Gasteiger partial charge on any atom is 0.337 e. The van der Waals surface area contributed by atoms with Crippen molar-refractivity contribution in [2.24, 2.45) is 0 Å². The number of aromatic carboxylic acids is 1. The molecule has 0 saturated heterocycles. The summed E-state index contributed by atoms with van der Waals surface area (Å²) in [6.45, 7) is 0.466. The minimum Gasteiger partial charge on any atom is -0.497 e. The van der Waals surface area contributed by atoms with Gasteiger partial charge in [-0.1, -0.05) is 12.1 Å². The first kappa shape index (κ1) is 14.8. The Hall–Kier alpha value is -2.56. The van der Waals surface area contributed by atoms with Crippen LogP contribution < -0.4 is 9.64 Å². The normalized spacial score (nSPS) is 10.2. The van der Waals surface area contributed by atoms with E-state index in [9.17, 15) is 14.3 Å². The van der Waals surface area contributed by atoms with Crippen molar-refractivity contribution in [3.05, 3.63) is 59.4 Å². The Bertz CT molecular complexity index is 640. The smallest absolute Gasteiger partial charge is 0.337 e.